The number of aryl methyl sites for hydroxylation is 1. The Morgan fingerprint density at radius 1 is 1.22 bits per heavy atom. The maximum Gasteiger partial charge on any atom is 0.0462 e. The molecule has 1 fully saturated rings. The quantitative estimate of drug-likeness (QED) is 0.805. The SMILES string of the molecule is Cc1ccc2c(C3=CN4CCC3CC4)c[nH]c2c1. The molecule has 18 heavy (non-hydrogen) atoms. The minimum absolute atomic E-state index is 0.773. The van der Waals surface area contributed by atoms with Crippen LogP contribution in [0.1, 0.15) is 24.0 Å². The number of fused-ring (bicyclic) bond motifs is 3. The monoisotopic (exact) mass is 238 g/mol. The van der Waals surface area contributed by atoms with Crippen molar-refractivity contribution in [1.82, 2.24) is 9.88 Å². The van der Waals surface area contributed by atoms with Crippen LogP contribution < -0.4 is 0 Å². The van der Waals surface area contributed by atoms with Crippen molar-refractivity contribution in [3.05, 3.63) is 41.7 Å². The van der Waals surface area contributed by atoms with E-state index in [0.29, 0.717) is 0 Å². The minimum atomic E-state index is 0.773. The number of H-pyrrole nitrogens is 1. The van der Waals surface area contributed by atoms with E-state index in [2.05, 4.69) is 47.4 Å². The van der Waals surface area contributed by atoms with E-state index in [0.717, 1.165) is 5.92 Å². The summed E-state index contributed by atoms with van der Waals surface area (Å²) in [5, 5.41) is 1.38. The first-order valence-corrected chi connectivity index (χ1v) is 6.85. The molecule has 2 bridgehead atoms. The molecule has 0 unspecified atom stereocenters. The summed E-state index contributed by atoms with van der Waals surface area (Å²) in [5.74, 6) is 0.773. The number of aromatic amines is 1. The summed E-state index contributed by atoms with van der Waals surface area (Å²) < 4.78 is 0. The topological polar surface area (TPSA) is 19.0 Å². The molecule has 0 radical (unpaired) electrons. The van der Waals surface area contributed by atoms with Crippen molar-refractivity contribution in [1.29, 1.82) is 0 Å². The molecule has 3 aliphatic rings. The maximum absolute atomic E-state index is 3.43. The van der Waals surface area contributed by atoms with Gasteiger partial charge in [0.25, 0.3) is 0 Å². The zero-order valence-corrected chi connectivity index (χ0v) is 10.7. The van der Waals surface area contributed by atoms with Gasteiger partial charge in [0.15, 0.2) is 0 Å². The second kappa shape index (κ2) is 3.64. The van der Waals surface area contributed by atoms with Crippen molar-refractivity contribution in [2.75, 3.05) is 13.1 Å². The summed E-state index contributed by atoms with van der Waals surface area (Å²) in [6, 6.07) is 6.71. The van der Waals surface area contributed by atoms with E-state index in [1.807, 2.05) is 0 Å². The van der Waals surface area contributed by atoms with E-state index in [-0.39, 0.29) is 0 Å². The molecule has 1 aromatic carbocycles. The molecule has 2 aromatic rings. The number of piperidine rings is 1. The van der Waals surface area contributed by atoms with Crippen molar-refractivity contribution >= 4 is 16.5 Å². The zero-order chi connectivity index (χ0) is 12.1. The van der Waals surface area contributed by atoms with E-state index >= 15 is 0 Å². The third-order valence-electron chi connectivity index (χ3n) is 4.44. The van der Waals surface area contributed by atoms with Gasteiger partial charge in [0, 0.05) is 42.0 Å². The number of allylic oxidation sites excluding steroid dienone is 1. The molecule has 1 saturated heterocycles. The normalized spacial score (nSPS) is 19.6. The van der Waals surface area contributed by atoms with E-state index in [1.54, 1.807) is 5.57 Å². The van der Waals surface area contributed by atoms with Crippen LogP contribution in [-0.2, 0) is 0 Å². The molecule has 2 nitrogen and oxygen atoms in total. The molecule has 2 heteroatoms. The van der Waals surface area contributed by atoms with Crippen LogP contribution in [0.5, 0.6) is 0 Å². The average Bonchev–Trinajstić information content (AvgIpc) is 2.82. The van der Waals surface area contributed by atoms with Gasteiger partial charge in [0.05, 0.1) is 0 Å². The summed E-state index contributed by atoms with van der Waals surface area (Å²) in [6.45, 7) is 4.64. The Morgan fingerprint density at radius 2 is 2.06 bits per heavy atom. The van der Waals surface area contributed by atoms with Gasteiger partial charge in [-0.3, -0.25) is 0 Å². The minimum Gasteiger partial charge on any atom is -0.377 e. The molecule has 1 N–H and O–H groups in total. The number of nitrogens with one attached hydrogen (secondary N) is 1. The van der Waals surface area contributed by atoms with E-state index in [4.69, 9.17) is 0 Å². The molecule has 4 heterocycles. The third kappa shape index (κ3) is 1.41. The lowest BCUT2D eigenvalue weighted by molar-refractivity contribution is 0.252. The molecule has 0 aliphatic carbocycles. The van der Waals surface area contributed by atoms with Gasteiger partial charge in [-0.05, 0) is 42.9 Å². The standard InChI is InChI=1S/C16H18N2/c1-11-2-3-13-14(9-17-16(13)8-11)15-10-18-6-4-12(15)5-7-18/h2-3,8-10,12,17H,4-7H2,1H3. The molecular weight excluding hydrogens is 220 g/mol. The van der Waals surface area contributed by atoms with Crippen LogP contribution in [0, 0.1) is 12.8 Å². The highest BCUT2D eigenvalue weighted by Crippen LogP contribution is 2.39. The highest BCUT2D eigenvalue weighted by molar-refractivity contribution is 5.93. The summed E-state index contributed by atoms with van der Waals surface area (Å²) in [5.41, 5.74) is 5.54. The number of aromatic nitrogens is 1. The number of nitrogens with zero attached hydrogens (tertiary/aromatic N) is 1. The van der Waals surface area contributed by atoms with Crippen LogP contribution in [0.2, 0.25) is 0 Å². The molecule has 0 saturated carbocycles. The predicted molar refractivity (Wildman–Crippen MR) is 75.3 cm³/mol. The van der Waals surface area contributed by atoms with Crippen LogP contribution >= 0.6 is 0 Å². The smallest absolute Gasteiger partial charge is 0.0462 e. The Labute approximate surface area is 107 Å². The lowest BCUT2D eigenvalue weighted by Gasteiger charge is -2.39. The van der Waals surface area contributed by atoms with Gasteiger partial charge in [0.1, 0.15) is 0 Å². The Morgan fingerprint density at radius 3 is 2.78 bits per heavy atom. The highest BCUT2D eigenvalue weighted by Gasteiger charge is 2.28. The summed E-state index contributed by atoms with van der Waals surface area (Å²) in [7, 11) is 0. The van der Waals surface area contributed by atoms with Crippen LogP contribution in [0.15, 0.2) is 30.6 Å². The predicted octanol–water partition coefficient (Wildman–Crippen LogP) is 3.54. The molecular formula is C16H18N2. The molecule has 0 atom stereocenters. The fourth-order valence-corrected chi connectivity index (χ4v) is 3.41. The van der Waals surface area contributed by atoms with Crippen LogP contribution in [-0.4, -0.2) is 23.0 Å². The van der Waals surface area contributed by atoms with Gasteiger partial charge in [-0.25, -0.2) is 0 Å². The molecule has 0 amide bonds. The molecule has 5 rings (SSSR count). The van der Waals surface area contributed by atoms with Gasteiger partial charge in [-0.2, -0.15) is 0 Å². The first-order chi connectivity index (χ1) is 8.81. The first-order valence-electron chi connectivity index (χ1n) is 6.85. The summed E-state index contributed by atoms with van der Waals surface area (Å²) in [6.07, 6.45) is 7.23. The third-order valence-corrected chi connectivity index (χ3v) is 4.44. The van der Waals surface area contributed by atoms with E-state index in [9.17, 15) is 0 Å². The largest absolute Gasteiger partial charge is 0.377 e. The summed E-state index contributed by atoms with van der Waals surface area (Å²) >= 11 is 0. The lowest BCUT2D eigenvalue weighted by atomic mass is 9.82. The van der Waals surface area contributed by atoms with Crippen LogP contribution in [0.4, 0.5) is 0 Å². The highest BCUT2D eigenvalue weighted by atomic mass is 15.1. The molecule has 1 aromatic heterocycles. The molecule has 3 aliphatic heterocycles. The van der Waals surface area contributed by atoms with Crippen LogP contribution in [0.25, 0.3) is 16.5 Å². The number of rotatable bonds is 1. The van der Waals surface area contributed by atoms with Gasteiger partial charge in [0.2, 0.25) is 0 Å². The fourth-order valence-electron chi connectivity index (χ4n) is 3.41. The Kier molecular flexibility index (Phi) is 2.07. The molecule has 0 spiro atoms. The van der Waals surface area contributed by atoms with Crippen molar-refractivity contribution < 1.29 is 0 Å². The van der Waals surface area contributed by atoms with Crippen molar-refractivity contribution in [3.8, 4) is 0 Å². The number of benzene rings is 1. The fraction of sp³-hybridized carbons (Fsp3) is 0.375. The second-order valence-electron chi connectivity index (χ2n) is 5.65. The average molecular weight is 238 g/mol. The Balaban J connectivity index is 1.88. The Bertz CT molecular complexity index is 628. The van der Waals surface area contributed by atoms with Gasteiger partial charge >= 0.3 is 0 Å². The maximum atomic E-state index is 3.43. The van der Waals surface area contributed by atoms with Crippen LogP contribution in [0.3, 0.4) is 0 Å². The van der Waals surface area contributed by atoms with Crippen molar-refractivity contribution in [3.63, 3.8) is 0 Å². The first kappa shape index (κ1) is 10.2. The van der Waals surface area contributed by atoms with Gasteiger partial charge < -0.3 is 9.88 Å². The zero-order valence-electron chi connectivity index (χ0n) is 10.7. The number of hydrogen-bond donors (Lipinski definition) is 1. The van der Waals surface area contributed by atoms with E-state index in [1.165, 1.54) is 48.0 Å². The molecule has 92 valence electrons. The second-order valence-corrected chi connectivity index (χ2v) is 5.65. The number of hydrogen-bond acceptors (Lipinski definition) is 1. The van der Waals surface area contributed by atoms with E-state index < -0.39 is 0 Å². The lowest BCUT2D eigenvalue weighted by Crippen LogP contribution is -2.35. The van der Waals surface area contributed by atoms with Gasteiger partial charge in [-0.1, -0.05) is 12.1 Å². The Hall–Kier alpha value is -1.70. The van der Waals surface area contributed by atoms with Crippen molar-refractivity contribution in [2.24, 2.45) is 5.92 Å². The van der Waals surface area contributed by atoms with Crippen molar-refractivity contribution in [2.45, 2.75) is 19.8 Å². The summed E-state index contributed by atoms with van der Waals surface area (Å²) in [4.78, 5) is 5.90. The van der Waals surface area contributed by atoms with Gasteiger partial charge in [-0.15, -0.1) is 0 Å².